The van der Waals surface area contributed by atoms with Crippen LogP contribution in [-0.2, 0) is 16.0 Å². The zero-order valence-corrected chi connectivity index (χ0v) is 17.1. The molecule has 0 fully saturated rings. The number of benzene rings is 2. The molecule has 3 rings (SSSR count). The summed E-state index contributed by atoms with van der Waals surface area (Å²) in [5.41, 5.74) is 4.25. The molecule has 0 aliphatic heterocycles. The van der Waals surface area contributed by atoms with E-state index in [-0.39, 0.29) is 0 Å². The number of rotatable bonds is 8. The van der Waals surface area contributed by atoms with Crippen molar-refractivity contribution in [3.8, 4) is 28.3 Å². The quantitative estimate of drug-likeness (QED) is 0.501. The summed E-state index contributed by atoms with van der Waals surface area (Å²) in [5.74, 6) is 0.909. The second-order valence-corrected chi connectivity index (χ2v) is 6.90. The second kappa shape index (κ2) is 9.82. The van der Waals surface area contributed by atoms with Crippen molar-refractivity contribution in [2.75, 3.05) is 7.11 Å². The van der Waals surface area contributed by atoms with Crippen molar-refractivity contribution < 1.29 is 14.3 Å². The molecule has 1 aromatic heterocycles. The minimum atomic E-state index is -0.651. The summed E-state index contributed by atoms with van der Waals surface area (Å²) in [4.78, 5) is 20.5. The van der Waals surface area contributed by atoms with Gasteiger partial charge in [-0.25, -0.2) is 14.8 Å². The molecule has 0 saturated carbocycles. The lowest BCUT2D eigenvalue weighted by Gasteiger charge is -2.12. The van der Waals surface area contributed by atoms with Gasteiger partial charge >= 0.3 is 5.97 Å². The molecule has 3 aromatic rings. The van der Waals surface area contributed by atoms with Gasteiger partial charge in [-0.2, -0.15) is 0 Å². The molecule has 0 spiro atoms. The molecule has 2 aromatic carbocycles. The van der Waals surface area contributed by atoms with Crippen molar-refractivity contribution >= 4 is 5.97 Å². The van der Waals surface area contributed by atoms with Gasteiger partial charge in [0.2, 0.25) is 0 Å². The van der Waals surface area contributed by atoms with Crippen LogP contribution in [0, 0.1) is 0 Å². The van der Waals surface area contributed by atoms with Gasteiger partial charge in [-0.1, -0.05) is 49.7 Å². The normalized spacial score (nSPS) is 11.7. The first kappa shape index (κ1) is 20.5. The number of unbranched alkanes of at least 4 members (excludes halogenated alkanes) is 1. The van der Waals surface area contributed by atoms with Crippen LogP contribution in [0.15, 0.2) is 60.9 Å². The third kappa shape index (κ3) is 5.41. The van der Waals surface area contributed by atoms with Gasteiger partial charge in [0.05, 0.1) is 7.11 Å². The fourth-order valence-electron chi connectivity index (χ4n) is 2.97. The van der Waals surface area contributed by atoms with Crippen LogP contribution in [0.1, 0.15) is 32.3 Å². The predicted octanol–water partition coefficient (Wildman–Crippen LogP) is 5.09. The van der Waals surface area contributed by atoms with E-state index >= 15 is 0 Å². The lowest BCUT2D eigenvalue weighted by atomic mass is 10.1. The highest BCUT2D eigenvalue weighted by Crippen LogP contribution is 2.24. The van der Waals surface area contributed by atoms with E-state index in [4.69, 9.17) is 4.74 Å². The molecule has 0 amide bonds. The largest absolute Gasteiger partial charge is 0.479 e. The van der Waals surface area contributed by atoms with Gasteiger partial charge in [-0.05, 0) is 43.0 Å². The van der Waals surface area contributed by atoms with Crippen LogP contribution < -0.4 is 4.74 Å². The smallest absolute Gasteiger partial charge is 0.346 e. The fourth-order valence-corrected chi connectivity index (χ4v) is 2.97. The highest BCUT2D eigenvalue weighted by atomic mass is 16.6. The first-order chi connectivity index (χ1) is 14.1. The molecule has 1 heterocycles. The average Bonchev–Trinajstić information content (AvgIpc) is 2.78. The van der Waals surface area contributed by atoms with Crippen molar-refractivity contribution in [1.29, 1.82) is 0 Å². The number of ether oxygens (including phenoxy) is 2. The number of nitrogens with zero attached hydrogens (tertiary/aromatic N) is 2. The molecule has 1 unspecified atom stereocenters. The Balaban J connectivity index is 1.67. The Morgan fingerprint density at radius 1 is 0.931 bits per heavy atom. The summed E-state index contributed by atoms with van der Waals surface area (Å²) in [5, 5.41) is 0. The van der Waals surface area contributed by atoms with Crippen LogP contribution in [0.4, 0.5) is 0 Å². The lowest BCUT2D eigenvalue weighted by Crippen LogP contribution is -2.24. The van der Waals surface area contributed by atoms with Crippen molar-refractivity contribution in [2.24, 2.45) is 0 Å². The summed E-state index contributed by atoms with van der Waals surface area (Å²) in [6.07, 6.45) is 6.50. The number of esters is 1. The minimum absolute atomic E-state index is 0.406. The molecule has 0 aliphatic rings. The Morgan fingerprint density at radius 2 is 1.55 bits per heavy atom. The van der Waals surface area contributed by atoms with Crippen LogP contribution in [0.3, 0.4) is 0 Å². The van der Waals surface area contributed by atoms with E-state index in [9.17, 15) is 4.79 Å². The lowest BCUT2D eigenvalue weighted by molar-refractivity contribution is -0.147. The summed E-state index contributed by atoms with van der Waals surface area (Å²) in [7, 11) is 1.34. The molecule has 0 N–H and O–H groups in total. The molecular weight excluding hydrogens is 364 g/mol. The molecular formula is C24H26N2O3. The van der Waals surface area contributed by atoms with Gasteiger partial charge in [-0.15, -0.1) is 0 Å². The van der Waals surface area contributed by atoms with Gasteiger partial charge in [0.25, 0.3) is 0 Å². The van der Waals surface area contributed by atoms with Crippen LogP contribution in [0.2, 0.25) is 0 Å². The van der Waals surface area contributed by atoms with Gasteiger partial charge in [0.1, 0.15) is 5.75 Å². The first-order valence-electron chi connectivity index (χ1n) is 9.87. The molecule has 0 radical (unpaired) electrons. The van der Waals surface area contributed by atoms with E-state index in [1.54, 1.807) is 6.92 Å². The topological polar surface area (TPSA) is 61.3 Å². The predicted molar refractivity (Wildman–Crippen MR) is 114 cm³/mol. The number of methoxy groups -OCH3 is 1. The summed E-state index contributed by atoms with van der Waals surface area (Å²) in [6, 6.07) is 15.9. The van der Waals surface area contributed by atoms with E-state index in [0.29, 0.717) is 11.6 Å². The van der Waals surface area contributed by atoms with E-state index in [1.807, 2.05) is 36.7 Å². The number of carbonyl (C=O) groups is 1. The Morgan fingerprint density at radius 3 is 2.14 bits per heavy atom. The number of aromatic nitrogens is 2. The fraction of sp³-hybridized carbons (Fsp3) is 0.292. The SMILES string of the molecule is CCCCc1ccc(-c2ncc(-c3ccc(OC(C)C(=O)OC)cc3)cn2)cc1. The van der Waals surface area contributed by atoms with Gasteiger partial charge in [-0.3, -0.25) is 0 Å². The average molecular weight is 390 g/mol. The van der Waals surface area contributed by atoms with E-state index in [2.05, 4.69) is 45.9 Å². The Labute approximate surface area is 171 Å². The van der Waals surface area contributed by atoms with Crippen LogP contribution in [0.25, 0.3) is 22.5 Å². The van der Waals surface area contributed by atoms with Crippen molar-refractivity contribution in [3.05, 3.63) is 66.5 Å². The molecule has 0 saturated heterocycles. The summed E-state index contributed by atoms with van der Waals surface area (Å²) >= 11 is 0. The van der Waals surface area contributed by atoms with Crippen molar-refractivity contribution in [2.45, 2.75) is 39.2 Å². The highest BCUT2D eigenvalue weighted by Gasteiger charge is 2.14. The zero-order valence-electron chi connectivity index (χ0n) is 17.1. The third-order valence-corrected chi connectivity index (χ3v) is 4.72. The van der Waals surface area contributed by atoms with E-state index in [1.165, 1.54) is 25.5 Å². The Bertz CT molecular complexity index is 920. The Kier molecular flexibility index (Phi) is 6.95. The monoisotopic (exact) mass is 390 g/mol. The number of hydrogen-bond donors (Lipinski definition) is 0. The molecule has 1 atom stereocenters. The molecule has 150 valence electrons. The molecule has 29 heavy (non-hydrogen) atoms. The third-order valence-electron chi connectivity index (χ3n) is 4.72. The standard InChI is InChI=1S/C24H26N2O3/c1-4-5-6-18-7-9-20(10-8-18)23-25-15-21(16-26-23)19-11-13-22(14-12-19)29-17(2)24(27)28-3/h7-17H,4-6H2,1-3H3. The second-order valence-electron chi connectivity index (χ2n) is 6.90. The maximum Gasteiger partial charge on any atom is 0.346 e. The number of carbonyl (C=O) groups excluding carboxylic acids is 1. The van der Waals surface area contributed by atoms with Crippen molar-refractivity contribution in [1.82, 2.24) is 9.97 Å². The number of hydrogen-bond acceptors (Lipinski definition) is 5. The van der Waals surface area contributed by atoms with Gasteiger partial charge in [0, 0.05) is 23.5 Å². The molecule has 5 heteroatoms. The summed E-state index contributed by atoms with van der Waals surface area (Å²) < 4.78 is 10.2. The Hall–Kier alpha value is -3.21. The molecule has 0 bridgehead atoms. The van der Waals surface area contributed by atoms with Crippen LogP contribution in [0.5, 0.6) is 5.75 Å². The minimum Gasteiger partial charge on any atom is -0.479 e. The van der Waals surface area contributed by atoms with Crippen molar-refractivity contribution in [3.63, 3.8) is 0 Å². The molecule has 5 nitrogen and oxygen atoms in total. The van der Waals surface area contributed by atoms with Gasteiger partial charge < -0.3 is 9.47 Å². The maximum atomic E-state index is 11.5. The molecule has 0 aliphatic carbocycles. The van der Waals surface area contributed by atoms with Crippen LogP contribution >= 0.6 is 0 Å². The first-order valence-corrected chi connectivity index (χ1v) is 9.87. The highest BCUT2D eigenvalue weighted by molar-refractivity contribution is 5.74. The summed E-state index contributed by atoms with van der Waals surface area (Å²) in [6.45, 7) is 3.86. The van der Waals surface area contributed by atoms with E-state index in [0.717, 1.165) is 23.1 Å². The number of aryl methyl sites for hydroxylation is 1. The maximum absolute atomic E-state index is 11.5. The zero-order chi connectivity index (χ0) is 20.6. The van der Waals surface area contributed by atoms with Crippen LogP contribution in [-0.4, -0.2) is 29.2 Å². The van der Waals surface area contributed by atoms with Gasteiger partial charge in [0.15, 0.2) is 11.9 Å². The van der Waals surface area contributed by atoms with E-state index < -0.39 is 12.1 Å².